The van der Waals surface area contributed by atoms with Crippen molar-refractivity contribution in [3.63, 3.8) is 0 Å². The topological polar surface area (TPSA) is 47.2 Å². The standard InChI is InChI=1S/C11H21Cl2N3OSSi/c1-7-16-8-9(12)10(14-16)18(13,17)15-19(5,6)11(2,3)4/h8H,7H2,1-6H3. The van der Waals surface area contributed by atoms with E-state index in [0.29, 0.717) is 11.6 Å². The first-order valence-electron chi connectivity index (χ1n) is 6.11. The van der Waals surface area contributed by atoms with E-state index in [1.54, 1.807) is 10.9 Å². The molecule has 110 valence electrons. The molecule has 1 aromatic heterocycles. The molecule has 0 aliphatic heterocycles. The zero-order valence-electron chi connectivity index (χ0n) is 12.2. The number of hydrogen-bond donors (Lipinski definition) is 0. The minimum atomic E-state index is -3.08. The van der Waals surface area contributed by atoms with E-state index in [1.807, 2.05) is 20.0 Å². The third-order valence-corrected chi connectivity index (χ3v) is 12.1. The van der Waals surface area contributed by atoms with E-state index >= 15 is 0 Å². The lowest BCUT2D eigenvalue weighted by Crippen LogP contribution is -2.36. The van der Waals surface area contributed by atoms with Gasteiger partial charge in [0.15, 0.2) is 22.2 Å². The van der Waals surface area contributed by atoms with Gasteiger partial charge in [0.25, 0.3) is 0 Å². The number of hydrogen-bond acceptors (Lipinski definition) is 3. The van der Waals surface area contributed by atoms with Crippen molar-refractivity contribution in [1.29, 1.82) is 0 Å². The average Bonchev–Trinajstić information content (AvgIpc) is 2.57. The van der Waals surface area contributed by atoms with Crippen LogP contribution in [0.3, 0.4) is 0 Å². The number of aryl methyl sites for hydroxylation is 1. The Morgan fingerprint density at radius 2 is 2.00 bits per heavy atom. The van der Waals surface area contributed by atoms with Crippen LogP contribution in [0.5, 0.6) is 0 Å². The van der Waals surface area contributed by atoms with E-state index in [-0.39, 0.29) is 10.1 Å². The zero-order valence-corrected chi connectivity index (χ0v) is 15.5. The molecule has 0 aromatic carbocycles. The van der Waals surface area contributed by atoms with E-state index in [4.69, 9.17) is 22.3 Å². The number of aromatic nitrogens is 2. The summed E-state index contributed by atoms with van der Waals surface area (Å²) in [6.45, 7) is 12.9. The molecule has 1 heterocycles. The van der Waals surface area contributed by atoms with E-state index in [9.17, 15) is 4.21 Å². The molecule has 0 saturated heterocycles. The Bertz CT molecular complexity index is 583. The van der Waals surface area contributed by atoms with E-state index in [1.165, 1.54) is 0 Å². The average molecular weight is 342 g/mol. The molecule has 4 nitrogen and oxygen atoms in total. The van der Waals surface area contributed by atoms with Gasteiger partial charge in [-0.05, 0) is 25.1 Å². The SMILES string of the molecule is CCn1cc(Cl)c(S(=O)(Cl)=N[Si](C)(C)C(C)(C)C)n1. The van der Waals surface area contributed by atoms with Crippen molar-refractivity contribution >= 4 is 39.5 Å². The maximum absolute atomic E-state index is 12.7. The van der Waals surface area contributed by atoms with Gasteiger partial charge in [0.1, 0.15) is 0 Å². The summed E-state index contributed by atoms with van der Waals surface area (Å²) in [4.78, 5) is 0. The Hall–Kier alpha value is -0.0431. The highest BCUT2D eigenvalue weighted by Gasteiger charge is 2.38. The molecule has 8 heteroatoms. The van der Waals surface area contributed by atoms with Gasteiger partial charge in [0.05, 0.1) is 5.02 Å². The molecule has 0 spiro atoms. The number of nitrogens with zero attached hydrogens (tertiary/aromatic N) is 3. The summed E-state index contributed by atoms with van der Waals surface area (Å²) in [5.74, 6) is 0. The molecule has 0 bridgehead atoms. The van der Waals surface area contributed by atoms with Crippen LogP contribution in [-0.2, 0) is 15.5 Å². The van der Waals surface area contributed by atoms with Crippen molar-refractivity contribution in [3.05, 3.63) is 11.2 Å². The molecular weight excluding hydrogens is 321 g/mol. The Morgan fingerprint density at radius 1 is 1.47 bits per heavy atom. The summed E-state index contributed by atoms with van der Waals surface area (Å²) in [7, 11) is 0.950. The van der Waals surface area contributed by atoms with Gasteiger partial charge >= 0.3 is 0 Å². The fourth-order valence-electron chi connectivity index (χ4n) is 1.19. The van der Waals surface area contributed by atoms with Crippen LogP contribution in [0.2, 0.25) is 23.2 Å². The van der Waals surface area contributed by atoms with Crippen molar-refractivity contribution in [2.45, 2.75) is 57.4 Å². The maximum atomic E-state index is 12.7. The molecule has 0 fully saturated rings. The first-order valence-corrected chi connectivity index (χ1v) is 11.8. The number of rotatable bonds is 3. The summed E-state index contributed by atoms with van der Waals surface area (Å²) >= 11 is 6.06. The van der Waals surface area contributed by atoms with Crippen molar-refractivity contribution in [2.75, 3.05) is 0 Å². The van der Waals surface area contributed by atoms with Crippen LogP contribution in [0.4, 0.5) is 0 Å². The molecule has 0 N–H and O–H groups in total. The highest BCUT2D eigenvalue weighted by atomic mass is 35.7. The van der Waals surface area contributed by atoms with E-state index in [0.717, 1.165) is 0 Å². The lowest BCUT2D eigenvalue weighted by Gasteiger charge is -2.32. The van der Waals surface area contributed by atoms with Gasteiger partial charge in [0, 0.05) is 23.4 Å². The zero-order chi connectivity index (χ0) is 15.1. The van der Waals surface area contributed by atoms with Crippen molar-refractivity contribution in [2.24, 2.45) is 4.03 Å². The van der Waals surface area contributed by atoms with Crippen LogP contribution in [0.15, 0.2) is 15.3 Å². The third-order valence-electron chi connectivity index (χ3n) is 3.43. The molecule has 0 amide bonds. The second-order valence-electron chi connectivity index (χ2n) is 6.00. The Labute approximate surface area is 126 Å². The van der Waals surface area contributed by atoms with E-state index < -0.39 is 17.2 Å². The van der Waals surface area contributed by atoms with Gasteiger partial charge in [-0.2, -0.15) is 5.10 Å². The first-order chi connectivity index (χ1) is 8.40. The highest BCUT2D eigenvalue weighted by Crippen LogP contribution is 2.39. The lowest BCUT2D eigenvalue weighted by atomic mass is 10.2. The molecule has 1 rings (SSSR count). The summed E-state index contributed by atoms with van der Waals surface area (Å²) in [5, 5.41) is 4.63. The summed E-state index contributed by atoms with van der Waals surface area (Å²) in [5.41, 5.74) is 0. The Balaban J connectivity index is 3.38. The fraction of sp³-hybridized carbons (Fsp3) is 0.727. The van der Waals surface area contributed by atoms with Crippen LogP contribution < -0.4 is 0 Å². The minimum Gasteiger partial charge on any atom is -0.270 e. The number of halogens is 2. The van der Waals surface area contributed by atoms with Crippen LogP contribution in [0.25, 0.3) is 0 Å². The molecule has 0 saturated carbocycles. The molecule has 1 unspecified atom stereocenters. The van der Waals surface area contributed by atoms with Crippen molar-refractivity contribution < 1.29 is 4.21 Å². The maximum Gasteiger partial charge on any atom is 0.194 e. The van der Waals surface area contributed by atoms with Gasteiger partial charge in [-0.1, -0.05) is 32.4 Å². The molecule has 0 radical (unpaired) electrons. The quantitative estimate of drug-likeness (QED) is 0.598. The van der Waals surface area contributed by atoms with Crippen molar-refractivity contribution in [3.8, 4) is 0 Å². The summed E-state index contributed by atoms with van der Waals surface area (Å²) in [6.07, 6.45) is 1.63. The third kappa shape index (κ3) is 3.74. The molecule has 0 aliphatic rings. The predicted octanol–water partition coefficient (Wildman–Crippen LogP) is 4.54. The highest BCUT2D eigenvalue weighted by molar-refractivity contribution is 8.16. The second kappa shape index (κ2) is 5.39. The van der Waals surface area contributed by atoms with Gasteiger partial charge in [0.2, 0.25) is 0 Å². The molecular formula is C11H21Cl2N3OSSi. The monoisotopic (exact) mass is 341 g/mol. The Kier molecular flexibility index (Phi) is 4.82. The second-order valence-corrected chi connectivity index (χ2v) is 14.3. The largest absolute Gasteiger partial charge is 0.270 e. The van der Waals surface area contributed by atoms with Gasteiger partial charge < -0.3 is 0 Å². The minimum absolute atomic E-state index is 0.0374. The molecule has 0 aliphatic carbocycles. The van der Waals surface area contributed by atoms with Crippen LogP contribution in [0.1, 0.15) is 27.7 Å². The van der Waals surface area contributed by atoms with E-state index in [2.05, 4.69) is 29.9 Å². The predicted molar refractivity (Wildman–Crippen MR) is 84.8 cm³/mol. The molecule has 1 atom stereocenters. The first kappa shape index (κ1) is 17.0. The smallest absolute Gasteiger partial charge is 0.194 e. The fourth-order valence-corrected chi connectivity index (χ4v) is 7.95. The normalized spacial score (nSPS) is 16.2. The van der Waals surface area contributed by atoms with Crippen molar-refractivity contribution in [1.82, 2.24) is 9.78 Å². The van der Waals surface area contributed by atoms with Gasteiger partial charge in [-0.3, -0.25) is 8.71 Å². The van der Waals surface area contributed by atoms with Crippen LogP contribution >= 0.6 is 22.3 Å². The summed E-state index contributed by atoms with van der Waals surface area (Å²) in [6, 6.07) is 0. The Morgan fingerprint density at radius 3 is 2.37 bits per heavy atom. The van der Waals surface area contributed by atoms with Crippen LogP contribution in [0, 0.1) is 0 Å². The molecule has 19 heavy (non-hydrogen) atoms. The summed E-state index contributed by atoms with van der Waals surface area (Å²) < 4.78 is 18.7. The lowest BCUT2D eigenvalue weighted by molar-refractivity contribution is 0.632. The van der Waals surface area contributed by atoms with Gasteiger partial charge in [-0.15, -0.1) is 0 Å². The van der Waals surface area contributed by atoms with Crippen LogP contribution in [-0.4, -0.2) is 22.2 Å². The molecule has 1 aromatic rings. The van der Waals surface area contributed by atoms with Gasteiger partial charge in [-0.25, -0.2) is 4.21 Å².